The molecule has 0 bridgehead atoms. The number of aliphatic hydroxyl groups is 1. The van der Waals surface area contributed by atoms with Crippen LogP contribution in [0.1, 0.15) is 72.5 Å². The van der Waals surface area contributed by atoms with Crippen molar-refractivity contribution >= 4 is 5.78 Å². The average molecular weight is 308 g/mol. The molecule has 0 amide bonds. The van der Waals surface area contributed by atoms with E-state index in [4.69, 9.17) is 0 Å². The van der Waals surface area contributed by atoms with Gasteiger partial charge in [0.25, 0.3) is 0 Å². The maximum Gasteiger partial charge on any atom is 0.193 e. The van der Waals surface area contributed by atoms with Crippen LogP contribution in [0.2, 0.25) is 0 Å². The molecule has 0 saturated heterocycles. The number of hydrogen-bond donors (Lipinski definition) is 1. The van der Waals surface area contributed by atoms with Gasteiger partial charge in [-0.15, -0.1) is 0 Å². The number of unbranched alkanes of at least 4 members (excludes halogenated alkanes) is 4. The molecule has 0 atom stereocenters. The maximum absolute atomic E-state index is 12.7. The van der Waals surface area contributed by atoms with E-state index in [1.54, 1.807) is 0 Å². The SMILES string of the molecule is CCCCCCCC1(O)c2ccccc2C(=O)c2ccccc21. The summed E-state index contributed by atoms with van der Waals surface area (Å²) in [5.74, 6) is 0.0202. The molecule has 2 aromatic carbocycles. The second-order valence-electron chi connectivity index (χ2n) is 6.44. The molecule has 0 heterocycles. The lowest BCUT2D eigenvalue weighted by molar-refractivity contribution is 0.0611. The van der Waals surface area contributed by atoms with Gasteiger partial charge in [0.1, 0.15) is 5.60 Å². The van der Waals surface area contributed by atoms with Gasteiger partial charge in [0.15, 0.2) is 5.78 Å². The molecule has 2 aromatic rings. The zero-order valence-electron chi connectivity index (χ0n) is 13.7. The van der Waals surface area contributed by atoms with E-state index >= 15 is 0 Å². The predicted octanol–water partition coefficient (Wildman–Crippen LogP) is 4.83. The van der Waals surface area contributed by atoms with Crippen LogP contribution in [0.5, 0.6) is 0 Å². The standard InChI is InChI=1S/C21H24O2/c1-2-3-4-5-10-15-21(23)18-13-8-6-11-16(18)20(22)17-12-7-9-14-19(17)21/h6-9,11-14,23H,2-5,10,15H2,1H3. The average Bonchev–Trinajstić information content (AvgIpc) is 2.60. The van der Waals surface area contributed by atoms with Gasteiger partial charge in [-0.25, -0.2) is 0 Å². The molecule has 2 nitrogen and oxygen atoms in total. The van der Waals surface area contributed by atoms with Crippen molar-refractivity contribution in [1.29, 1.82) is 0 Å². The Balaban J connectivity index is 1.96. The summed E-state index contributed by atoms with van der Waals surface area (Å²) in [6.07, 6.45) is 6.41. The van der Waals surface area contributed by atoms with Gasteiger partial charge in [-0.3, -0.25) is 4.79 Å². The van der Waals surface area contributed by atoms with Crippen LogP contribution in [0.25, 0.3) is 0 Å². The molecule has 0 aliphatic heterocycles. The minimum atomic E-state index is -1.05. The van der Waals surface area contributed by atoms with Crippen molar-refractivity contribution in [2.45, 2.75) is 51.0 Å². The fraction of sp³-hybridized carbons (Fsp3) is 0.381. The van der Waals surface area contributed by atoms with Gasteiger partial charge in [-0.2, -0.15) is 0 Å². The molecule has 0 saturated carbocycles. The second kappa shape index (κ2) is 6.67. The van der Waals surface area contributed by atoms with Crippen LogP contribution in [-0.2, 0) is 5.60 Å². The van der Waals surface area contributed by atoms with Crippen molar-refractivity contribution in [3.63, 3.8) is 0 Å². The van der Waals surface area contributed by atoms with Gasteiger partial charge in [0.2, 0.25) is 0 Å². The highest BCUT2D eigenvalue weighted by molar-refractivity contribution is 6.13. The van der Waals surface area contributed by atoms with E-state index in [9.17, 15) is 9.90 Å². The van der Waals surface area contributed by atoms with Crippen LogP contribution in [0.15, 0.2) is 48.5 Å². The van der Waals surface area contributed by atoms with Crippen molar-refractivity contribution in [2.75, 3.05) is 0 Å². The molecule has 3 rings (SSSR count). The van der Waals surface area contributed by atoms with E-state index in [0.29, 0.717) is 17.5 Å². The van der Waals surface area contributed by atoms with Crippen LogP contribution in [0.3, 0.4) is 0 Å². The second-order valence-corrected chi connectivity index (χ2v) is 6.44. The van der Waals surface area contributed by atoms with Crippen molar-refractivity contribution in [3.8, 4) is 0 Å². The van der Waals surface area contributed by atoms with Crippen LogP contribution in [0.4, 0.5) is 0 Å². The molecule has 1 N–H and O–H groups in total. The summed E-state index contributed by atoms with van der Waals surface area (Å²) in [7, 11) is 0. The van der Waals surface area contributed by atoms with E-state index in [-0.39, 0.29) is 5.78 Å². The summed E-state index contributed by atoms with van der Waals surface area (Å²) in [5.41, 5.74) is 1.76. The van der Waals surface area contributed by atoms with Crippen LogP contribution in [-0.4, -0.2) is 10.9 Å². The van der Waals surface area contributed by atoms with Gasteiger partial charge in [-0.1, -0.05) is 81.1 Å². The number of ketones is 1. The number of rotatable bonds is 6. The van der Waals surface area contributed by atoms with Crippen molar-refractivity contribution in [1.82, 2.24) is 0 Å². The Morgan fingerprint density at radius 1 is 0.826 bits per heavy atom. The molecule has 0 unspecified atom stereocenters. The normalized spacial score (nSPS) is 15.1. The first kappa shape index (κ1) is 15.9. The number of fused-ring (bicyclic) bond motifs is 2. The lowest BCUT2D eigenvalue weighted by Crippen LogP contribution is -2.35. The Hall–Kier alpha value is -1.93. The topological polar surface area (TPSA) is 37.3 Å². The van der Waals surface area contributed by atoms with Gasteiger partial charge >= 0.3 is 0 Å². The highest BCUT2D eigenvalue weighted by Gasteiger charge is 2.41. The molecule has 1 aliphatic carbocycles. The number of carbonyl (C=O) groups excluding carboxylic acids is 1. The van der Waals surface area contributed by atoms with Crippen molar-refractivity contribution in [2.24, 2.45) is 0 Å². The van der Waals surface area contributed by atoms with Crippen molar-refractivity contribution in [3.05, 3.63) is 70.8 Å². The number of carbonyl (C=O) groups is 1. The van der Waals surface area contributed by atoms with Crippen molar-refractivity contribution < 1.29 is 9.90 Å². The fourth-order valence-electron chi connectivity index (χ4n) is 3.63. The quantitative estimate of drug-likeness (QED) is 0.776. The van der Waals surface area contributed by atoms with Crippen LogP contribution in [0, 0.1) is 0 Å². The van der Waals surface area contributed by atoms with Gasteiger partial charge in [-0.05, 0) is 24.0 Å². The Kier molecular flexibility index (Phi) is 4.63. The lowest BCUT2D eigenvalue weighted by Gasteiger charge is -2.36. The molecule has 0 aromatic heterocycles. The summed E-state index contributed by atoms with van der Waals surface area (Å²) in [5, 5.41) is 11.5. The van der Waals surface area contributed by atoms with Crippen LogP contribution >= 0.6 is 0 Å². The predicted molar refractivity (Wildman–Crippen MR) is 92.7 cm³/mol. The number of benzene rings is 2. The minimum Gasteiger partial charge on any atom is -0.380 e. The Labute approximate surface area is 138 Å². The molecule has 0 fully saturated rings. The summed E-state index contributed by atoms with van der Waals surface area (Å²) in [4.78, 5) is 12.7. The van der Waals surface area contributed by atoms with E-state index in [2.05, 4.69) is 6.92 Å². The smallest absolute Gasteiger partial charge is 0.193 e. The molecule has 23 heavy (non-hydrogen) atoms. The lowest BCUT2D eigenvalue weighted by atomic mass is 9.72. The van der Waals surface area contributed by atoms with E-state index in [1.807, 2.05) is 48.5 Å². The highest BCUT2D eigenvalue weighted by Crippen LogP contribution is 2.42. The minimum absolute atomic E-state index is 0.0202. The largest absolute Gasteiger partial charge is 0.380 e. The van der Waals surface area contributed by atoms with Gasteiger partial charge in [0, 0.05) is 11.1 Å². The van der Waals surface area contributed by atoms with E-state index < -0.39 is 5.60 Å². The third kappa shape index (κ3) is 2.84. The first-order chi connectivity index (χ1) is 11.2. The van der Waals surface area contributed by atoms with E-state index in [0.717, 1.165) is 24.0 Å². The maximum atomic E-state index is 12.7. The Morgan fingerprint density at radius 2 is 1.35 bits per heavy atom. The molecule has 0 radical (unpaired) electrons. The molecule has 1 aliphatic rings. The Morgan fingerprint density at radius 3 is 1.91 bits per heavy atom. The highest BCUT2D eigenvalue weighted by atomic mass is 16.3. The molecule has 0 spiro atoms. The summed E-state index contributed by atoms with van der Waals surface area (Å²) in [6, 6.07) is 15.0. The monoisotopic (exact) mass is 308 g/mol. The first-order valence-corrected chi connectivity index (χ1v) is 8.64. The molecular formula is C21H24O2. The summed E-state index contributed by atoms with van der Waals surface area (Å²) in [6.45, 7) is 2.20. The third-order valence-electron chi connectivity index (χ3n) is 4.88. The summed E-state index contributed by atoms with van der Waals surface area (Å²) < 4.78 is 0. The van der Waals surface area contributed by atoms with Gasteiger partial charge in [0.05, 0.1) is 0 Å². The van der Waals surface area contributed by atoms with Gasteiger partial charge < -0.3 is 5.11 Å². The fourth-order valence-corrected chi connectivity index (χ4v) is 3.63. The van der Waals surface area contributed by atoms with E-state index in [1.165, 1.54) is 19.3 Å². The zero-order valence-corrected chi connectivity index (χ0v) is 13.7. The zero-order chi connectivity index (χ0) is 16.3. The molecule has 120 valence electrons. The number of hydrogen-bond acceptors (Lipinski definition) is 2. The van der Waals surface area contributed by atoms with Crippen LogP contribution < -0.4 is 0 Å². The Bertz CT molecular complexity index is 653. The molecule has 2 heteroatoms. The first-order valence-electron chi connectivity index (χ1n) is 8.64. The third-order valence-corrected chi connectivity index (χ3v) is 4.88. The summed E-state index contributed by atoms with van der Waals surface area (Å²) >= 11 is 0. The molecular weight excluding hydrogens is 284 g/mol.